The van der Waals surface area contributed by atoms with Crippen LogP contribution in [0, 0.1) is 12.3 Å². The van der Waals surface area contributed by atoms with Crippen molar-refractivity contribution in [3.05, 3.63) is 192 Å². The summed E-state index contributed by atoms with van der Waals surface area (Å²) in [7, 11) is 0. The summed E-state index contributed by atoms with van der Waals surface area (Å²) >= 11 is 3.39. The highest BCUT2D eigenvalue weighted by Crippen LogP contribution is 2.41. The number of nitrogens with one attached hydrogen (secondary N) is 1. The van der Waals surface area contributed by atoms with Crippen molar-refractivity contribution < 1.29 is 0 Å². The third kappa shape index (κ3) is 6.75. The van der Waals surface area contributed by atoms with Gasteiger partial charge in [0.25, 0.3) is 0 Å². The SMILES string of the molecule is Cc1cccc2sc3cccc(-c4nc(-c5ccccc5)nc(-c5cccc(-c6ccccc6)c5)n4)c3c12.N=C(c1ccccc1)c1sc2ccccc2c1N. The Morgan fingerprint density at radius 1 is 0.482 bits per heavy atom. The first kappa shape index (κ1) is 34.9. The summed E-state index contributed by atoms with van der Waals surface area (Å²) in [5.74, 6) is 2.02. The average molecular weight is 758 g/mol. The third-order valence-corrected chi connectivity index (χ3v) is 12.1. The van der Waals surface area contributed by atoms with Crippen molar-refractivity contribution in [2.75, 3.05) is 5.73 Å². The molecular weight excluding hydrogens is 723 g/mol. The van der Waals surface area contributed by atoms with Crippen LogP contribution in [0.3, 0.4) is 0 Å². The summed E-state index contributed by atoms with van der Waals surface area (Å²) in [5.41, 5.74) is 14.8. The monoisotopic (exact) mass is 757 g/mol. The molecule has 0 amide bonds. The van der Waals surface area contributed by atoms with Crippen molar-refractivity contribution in [1.82, 2.24) is 15.0 Å². The molecule has 3 N–H and O–H groups in total. The molecule has 10 rings (SSSR count). The number of fused-ring (bicyclic) bond motifs is 4. The zero-order chi connectivity index (χ0) is 38.0. The number of nitrogens with two attached hydrogens (primary N) is 1. The Bertz CT molecular complexity index is 3010. The number of aromatic nitrogens is 3. The molecule has 3 heterocycles. The van der Waals surface area contributed by atoms with E-state index in [1.54, 1.807) is 11.3 Å². The van der Waals surface area contributed by atoms with Gasteiger partial charge in [-0.05, 0) is 47.9 Å². The predicted octanol–water partition coefficient (Wildman–Crippen LogP) is 13.1. The summed E-state index contributed by atoms with van der Waals surface area (Å²) in [4.78, 5) is 15.9. The van der Waals surface area contributed by atoms with Crippen molar-refractivity contribution in [2.24, 2.45) is 0 Å². The molecule has 10 aromatic rings. The van der Waals surface area contributed by atoms with E-state index in [9.17, 15) is 0 Å². The lowest BCUT2D eigenvalue weighted by molar-refractivity contribution is 1.08. The normalized spacial score (nSPS) is 11.1. The van der Waals surface area contributed by atoms with Crippen LogP contribution in [0.15, 0.2) is 176 Å². The van der Waals surface area contributed by atoms with Gasteiger partial charge in [-0.15, -0.1) is 22.7 Å². The molecule has 7 aromatic carbocycles. The minimum atomic E-state index is 0.495. The maximum Gasteiger partial charge on any atom is 0.164 e. The third-order valence-electron chi connectivity index (χ3n) is 9.79. The molecule has 3 aromatic heterocycles. The number of hydrogen-bond acceptors (Lipinski definition) is 7. The number of anilines is 1. The second-order valence-electron chi connectivity index (χ2n) is 13.4. The van der Waals surface area contributed by atoms with Crippen LogP contribution < -0.4 is 5.73 Å². The number of nitrogens with zero attached hydrogens (tertiary/aromatic N) is 3. The lowest BCUT2D eigenvalue weighted by Crippen LogP contribution is -2.01. The Labute approximate surface area is 333 Å². The van der Waals surface area contributed by atoms with Crippen molar-refractivity contribution >= 4 is 64.3 Å². The largest absolute Gasteiger partial charge is 0.397 e. The van der Waals surface area contributed by atoms with Gasteiger partial charge in [-0.25, -0.2) is 15.0 Å². The van der Waals surface area contributed by atoms with E-state index < -0.39 is 0 Å². The van der Waals surface area contributed by atoms with E-state index in [1.807, 2.05) is 102 Å². The van der Waals surface area contributed by atoms with Crippen LogP contribution in [0.4, 0.5) is 5.69 Å². The number of aryl methyl sites for hydroxylation is 1. The Hall–Kier alpha value is -6.80. The Balaban J connectivity index is 0.000000190. The Kier molecular flexibility index (Phi) is 9.45. The molecule has 0 radical (unpaired) electrons. The van der Waals surface area contributed by atoms with Gasteiger partial charge in [0.1, 0.15) is 0 Å². The molecule has 0 saturated heterocycles. The summed E-state index contributed by atoms with van der Waals surface area (Å²) in [5, 5.41) is 11.8. The summed E-state index contributed by atoms with van der Waals surface area (Å²) in [6, 6.07) is 59.6. The summed E-state index contributed by atoms with van der Waals surface area (Å²) < 4.78 is 3.65. The van der Waals surface area contributed by atoms with E-state index in [-0.39, 0.29) is 0 Å². The van der Waals surface area contributed by atoms with Crippen molar-refractivity contribution in [3.8, 4) is 45.3 Å². The lowest BCUT2D eigenvalue weighted by Gasteiger charge is -2.11. The van der Waals surface area contributed by atoms with Crippen molar-refractivity contribution in [2.45, 2.75) is 6.92 Å². The van der Waals surface area contributed by atoms with Crippen LogP contribution in [0.1, 0.15) is 16.0 Å². The van der Waals surface area contributed by atoms with Gasteiger partial charge in [0.05, 0.1) is 16.3 Å². The van der Waals surface area contributed by atoms with Gasteiger partial charge in [0.2, 0.25) is 0 Å². The van der Waals surface area contributed by atoms with E-state index in [4.69, 9.17) is 26.1 Å². The molecule has 0 aliphatic carbocycles. The number of nitrogen functional groups attached to an aromatic ring is 1. The molecule has 0 unspecified atom stereocenters. The first-order valence-electron chi connectivity index (χ1n) is 18.3. The first-order valence-corrected chi connectivity index (χ1v) is 19.9. The maximum atomic E-state index is 8.27. The van der Waals surface area contributed by atoms with Gasteiger partial charge >= 0.3 is 0 Å². The predicted molar refractivity (Wildman–Crippen MR) is 238 cm³/mol. The van der Waals surface area contributed by atoms with E-state index in [0.717, 1.165) is 48.3 Å². The number of benzene rings is 7. The maximum absolute atomic E-state index is 8.27. The number of rotatable bonds is 6. The average Bonchev–Trinajstić information content (AvgIpc) is 3.83. The minimum absolute atomic E-state index is 0.495. The fourth-order valence-corrected chi connectivity index (χ4v) is 9.33. The highest BCUT2D eigenvalue weighted by Gasteiger charge is 2.18. The topological polar surface area (TPSA) is 88.5 Å². The minimum Gasteiger partial charge on any atom is -0.397 e. The molecule has 7 heteroatoms. The molecule has 0 spiro atoms. The second kappa shape index (κ2) is 15.1. The second-order valence-corrected chi connectivity index (χ2v) is 15.6. The van der Waals surface area contributed by atoms with Crippen LogP contribution >= 0.6 is 22.7 Å². The number of hydrogen-bond donors (Lipinski definition) is 2. The number of thiophene rings is 2. The Morgan fingerprint density at radius 2 is 1.02 bits per heavy atom. The van der Waals surface area contributed by atoms with E-state index in [0.29, 0.717) is 28.9 Å². The zero-order valence-electron chi connectivity index (χ0n) is 30.5. The van der Waals surface area contributed by atoms with Crippen LogP contribution in [-0.4, -0.2) is 20.7 Å². The highest BCUT2D eigenvalue weighted by atomic mass is 32.1. The molecule has 0 fully saturated rings. The zero-order valence-corrected chi connectivity index (χ0v) is 32.1. The standard InChI is InChI=1S/C34H23N3S.C15H12N2S/c1-22-11-8-19-28-30(22)31-27(18-10-20-29(31)38-28)34-36-32(24-14-6-3-7-15-24)35-33(37-34)26-17-9-16-25(21-26)23-12-4-2-5-13-23;16-13(10-6-2-1-3-7-10)15-14(17)11-8-4-5-9-12(11)18-15/h2-21H,1H3;1-9,16H,17H2. The van der Waals surface area contributed by atoms with Crippen LogP contribution in [0.2, 0.25) is 0 Å². The van der Waals surface area contributed by atoms with E-state index in [1.165, 1.54) is 25.7 Å². The quantitative estimate of drug-likeness (QED) is 0.165. The van der Waals surface area contributed by atoms with Crippen LogP contribution in [-0.2, 0) is 0 Å². The van der Waals surface area contributed by atoms with Gasteiger partial charge in [0.15, 0.2) is 17.5 Å². The van der Waals surface area contributed by atoms with Gasteiger partial charge in [-0.3, -0.25) is 5.41 Å². The van der Waals surface area contributed by atoms with E-state index >= 15 is 0 Å². The van der Waals surface area contributed by atoms with Crippen molar-refractivity contribution in [3.63, 3.8) is 0 Å². The van der Waals surface area contributed by atoms with Crippen LogP contribution in [0.25, 0.3) is 75.5 Å². The van der Waals surface area contributed by atoms with E-state index in [2.05, 4.69) is 91.9 Å². The van der Waals surface area contributed by atoms with Gasteiger partial charge in [-0.2, -0.15) is 0 Å². The summed E-state index contributed by atoms with van der Waals surface area (Å²) in [6.45, 7) is 2.18. The summed E-state index contributed by atoms with van der Waals surface area (Å²) in [6.07, 6.45) is 0. The molecule has 56 heavy (non-hydrogen) atoms. The first-order chi connectivity index (χ1) is 27.5. The van der Waals surface area contributed by atoms with Gasteiger partial charge < -0.3 is 5.73 Å². The fraction of sp³-hybridized carbons (Fsp3) is 0.0204. The molecular formula is C49H35N5S2. The Morgan fingerprint density at radius 3 is 1.75 bits per heavy atom. The molecule has 0 saturated carbocycles. The molecule has 0 bridgehead atoms. The fourth-order valence-electron chi connectivity index (χ4n) is 7.02. The van der Waals surface area contributed by atoms with Gasteiger partial charge in [-0.1, -0.05) is 152 Å². The smallest absolute Gasteiger partial charge is 0.164 e. The lowest BCUT2D eigenvalue weighted by atomic mass is 10.0. The van der Waals surface area contributed by atoms with Crippen LogP contribution in [0.5, 0.6) is 0 Å². The molecule has 0 aliphatic heterocycles. The van der Waals surface area contributed by atoms with Gasteiger partial charge in [0, 0.05) is 52.5 Å². The molecule has 0 aliphatic rings. The molecule has 268 valence electrons. The molecule has 0 atom stereocenters. The van der Waals surface area contributed by atoms with Crippen molar-refractivity contribution in [1.29, 1.82) is 5.41 Å². The molecule has 5 nitrogen and oxygen atoms in total. The highest BCUT2D eigenvalue weighted by molar-refractivity contribution is 7.26.